The van der Waals surface area contributed by atoms with Crippen LogP contribution in [0.4, 0.5) is 4.39 Å². The lowest BCUT2D eigenvalue weighted by Gasteiger charge is -2.11. The molecule has 1 aromatic heterocycles. The quantitative estimate of drug-likeness (QED) is 0.530. The van der Waals surface area contributed by atoms with E-state index >= 15 is 0 Å². The third kappa shape index (κ3) is 4.68. The summed E-state index contributed by atoms with van der Waals surface area (Å²) in [7, 11) is 0. The number of thioether (sulfide) groups is 1. The van der Waals surface area contributed by atoms with Gasteiger partial charge in [0, 0.05) is 6.42 Å². The second-order valence-corrected chi connectivity index (χ2v) is 7.49. The van der Waals surface area contributed by atoms with Crippen molar-refractivity contribution < 1.29 is 18.3 Å². The minimum atomic E-state index is -0.629. The number of halogens is 1. The molecule has 0 aliphatic carbocycles. The Morgan fingerprint density at radius 2 is 1.97 bits per heavy atom. The molecular formula is C21H19FN4O3S. The van der Waals surface area contributed by atoms with Crippen molar-refractivity contribution in [2.75, 3.05) is 12.3 Å². The second-order valence-electron chi connectivity index (χ2n) is 6.56. The van der Waals surface area contributed by atoms with E-state index in [9.17, 15) is 9.18 Å². The molecule has 0 saturated heterocycles. The molecule has 9 heteroatoms. The van der Waals surface area contributed by atoms with Crippen molar-refractivity contribution in [1.29, 1.82) is 0 Å². The number of aromatic nitrogens is 2. The molecule has 1 aliphatic rings. The first kappa shape index (κ1) is 20.1. The van der Waals surface area contributed by atoms with Gasteiger partial charge in [0.1, 0.15) is 0 Å². The molecule has 2 aromatic carbocycles. The highest BCUT2D eigenvalue weighted by atomic mass is 32.2. The molecule has 1 amide bonds. The van der Waals surface area contributed by atoms with E-state index in [4.69, 9.17) is 9.15 Å². The Balaban J connectivity index is 1.32. The SMILES string of the molecule is CC(Oc1ccccc1F)c1nnc(SCC(=O)N2CCC(c3ccccc3)=N2)o1. The van der Waals surface area contributed by atoms with Crippen LogP contribution in [0.15, 0.2) is 69.3 Å². The number of rotatable bonds is 7. The van der Waals surface area contributed by atoms with Crippen LogP contribution >= 0.6 is 11.8 Å². The van der Waals surface area contributed by atoms with Gasteiger partial charge in [0.25, 0.3) is 17.0 Å². The maximum Gasteiger partial charge on any atom is 0.277 e. The van der Waals surface area contributed by atoms with Gasteiger partial charge in [-0.25, -0.2) is 9.40 Å². The normalized spacial score (nSPS) is 14.5. The van der Waals surface area contributed by atoms with Crippen molar-refractivity contribution in [3.05, 3.63) is 71.9 Å². The fourth-order valence-corrected chi connectivity index (χ4v) is 3.53. The van der Waals surface area contributed by atoms with Crippen molar-refractivity contribution in [2.24, 2.45) is 5.10 Å². The van der Waals surface area contributed by atoms with Crippen LogP contribution < -0.4 is 4.74 Å². The van der Waals surface area contributed by atoms with Crippen molar-refractivity contribution >= 4 is 23.4 Å². The lowest BCUT2D eigenvalue weighted by atomic mass is 10.1. The molecule has 0 spiro atoms. The number of amides is 1. The van der Waals surface area contributed by atoms with E-state index in [0.29, 0.717) is 6.54 Å². The largest absolute Gasteiger partial charge is 0.478 e. The monoisotopic (exact) mass is 426 g/mol. The molecule has 1 aliphatic heterocycles. The fraction of sp³-hybridized carbons (Fsp3) is 0.238. The Morgan fingerprint density at radius 3 is 2.77 bits per heavy atom. The molecule has 0 N–H and O–H groups in total. The Hall–Kier alpha value is -3.20. The summed E-state index contributed by atoms with van der Waals surface area (Å²) in [6.45, 7) is 2.23. The van der Waals surface area contributed by atoms with Crippen LogP contribution in [0.5, 0.6) is 5.75 Å². The summed E-state index contributed by atoms with van der Waals surface area (Å²) in [6, 6.07) is 15.9. The number of hydrogen-bond acceptors (Lipinski definition) is 7. The summed E-state index contributed by atoms with van der Waals surface area (Å²) < 4.78 is 24.8. The zero-order valence-electron chi connectivity index (χ0n) is 16.2. The van der Waals surface area contributed by atoms with Crippen LogP contribution in [0, 0.1) is 5.82 Å². The zero-order chi connectivity index (χ0) is 20.9. The van der Waals surface area contributed by atoms with Gasteiger partial charge in [0.15, 0.2) is 17.7 Å². The lowest BCUT2D eigenvalue weighted by molar-refractivity contribution is -0.127. The summed E-state index contributed by atoms with van der Waals surface area (Å²) in [5, 5.41) is 14.0. The van der Waals surface area contributed by atoms with Crippen molar-refractivity contribution in [3.63, 3.8) is 0 Å². The predicted octanol–water partition coefficient (Wildman–Crippen LogP) is 4.08. The minimum Gasteiger partial charge on any atom is -0.478 e. The molecule has 0 saturated carbocycles. The maximum atomic E-state index is 13.7. The molecule has 0 bridgehead atoms. The van der Waals surface area contributed by atoms with Crippen molar-refractivity contribution in [1.82, 2.24) is 15.2 Å². The molecule has 0 radical (unpaired) electrons. The first-order chi connectivity index (χ1) is 14.6. The Morgan fingerprint density at radius 1 is 1.20 bits per heavy atom. The van der Waals surface area contributed by atoms with Crippen molar-refractivity contribution in [3.8, 4) is 5.75 Å². The Bertz CT molecular complexity index is 1060. The molecule has 0 fully saturated rings. The number of para-hydroxylation sites is 1. The number of ether oxygens (including phenoxy) is 1. The summed E-state index contributed by atoms with van der Waals surface area (Å²) >= 11 is 1.13. The smallest absolute Gasteiger partial charge is 0.277 e. The molecular weight excluding hydrogens is 407 g/mol. The van der Waals surface area contributed by atoms with E-state index in [-0.39, 0.29) is 28.5 Å². The van der Waals surface area contributed by atoms with E-state index in [2.05, 4.69) is 15.3 Å². The van der Waals surface area contributed by atoms with Crippen LogP contribution in [0.2, 0.25) is 0 Å². The van der Waals surface area contributed by atoms with E-state index in [0.717, 1.165) is 29.5 Å². The first-order valence-corrected chi connectivity index (χ1v) is 10.4. The average molecular weight is 426 g/mol. The zero-order valence-corrected chi connectivity index (χ0v) is 17.0. The van der Waals surface area contributed by atoms with Gasteiger partial charge < -0.3 is 9.15 Å². The third-order valence-corrected chi connectivity index (χ3v) is 5.23. The van der Waals surface area contributed by atoms with Crippen LogP contribution in [0.25, 0.3) is 0 Å². The van der Waals surface area contributed by atoms with Gasteiger partial charge in [-0.3, -0.25) is 4.79 Å². The van der Waals surface area contributed by atoms with Gasteiger partial charge in [0.2, 0.25) is 0 Å². The number of carbonyl (C=O) groups excluding carboxylic acids is 1. The summed E-state index contributed by atoms with van der Waals surface area (Å²) in [4.78, 5) is 12.5. The number of carbonyl (C=O) groups is 1. The van der Waals surface area contributed by atoms with Gasteiger partial charge in [0.05, 0.1) is 18.0 Å². The van der Waals surface area contributed by atoms with Crippen LogP contribution in [-0.2, 0) is 4.79 Å². The molecule has 1 unspecified atom stereocenters. The molecule has 4 rings (SSSR count). The highest BCUT2D eigenvalue weighted by Gasteiger charge is 2.23. The number of hydrogen-bond donors (Lipinski definition) is 0. The molecule has 1 atom stereocenters. The summed E-state index contributed by atoms with van der Waals surface area (Å²) in [5.74, 6) is -0.172. The van der Waals surface area contributed by atoms with E-state index < -0.39 is 11.9 Å². The van der Waals surface area contributed by atoms with Crippen LogP contribution in [0.3, 0.4) is 0 Å². The third-order valence-electron chi connectivity index (χ3n) is 4.43. The highest BCUT2D eigenvalue weighted by molar-refractivity contribution is 7.99. The first-order valence-electron chi connectivity index (χ1n) is 9.41. The van der Waals surface area contributed by atoms with E-state index in [1.54, 1.807) is 19.1 Å². The van der Waals surface area contributed by atoms with Gasteiger partial charge in [-0.05, 0) is 24.6 Å². The number of hydrazone groups is 1. The molecule has 2 heterocycles. The van der Waals surface area contributed by atoms with Gasteiger partial charge in [-0.2, -0.15) is 5.10 Å². The van der Waals surface area contributed by atoms with E-state index in [1.165, 1.54) is 17.1 Å². The maximum absolute atomic E-state index is 13.7. The van der Waals surface area contributed by atoms with Crippen molar-refractivity contribution in [2.45, 2.75) is 24.7 Å². The molecule has 3 aromatic rings. The summed E-state index contributed by atoms with van der Waals surface area (Å²) in [6.07, 6.45) is 0.0896. The number of nitrogens with zero attached hydrogens (tertiary/aromatic N) is 4. The molecule has 154 valence electrons. The Labute approximate surface area is 176 Å². The highest BCUT2D eigenvalue weighted by Crippen LogP contribution is 2.26. The van der Waals surface area contributed by atoms with Gasteiger partial charge in [-0.1, -0.05) is 54.2 Å². The average Bonchev–Trinajstić information content (AvgIpc) is 3.44. The molecule has 30 heavy (non-hydrogen) atoms. The standard InChI is InChI=1S/C21H19FN4O3S/c1-14(28-18-10-6-5-9-16(18)22)20-23-24-21(29-20)30-13-19(27)26-12-11-17(25-26)15-7-3-2-4-8-15/h2-10,14H,11-13H2,1H3. The number of benzene rings is 2. The van der Waals surface area contributed by atoms with E-state index in [1.807, 2.05) is 30.3 Å². The Kier molecular flexibility index (Phi) is 6.08. The topological polar surface area (TPSA) is 80.8 Å². The second kappa shape index (κ2) is 9.08. The lowest BCUT2D eigenvalue weighted by Crippen LogP contribution is -2.25. The predicted molar refractivity (Wildman–Crippen MR) is 110 cm³/mol. The fourth-order valence-electron chi connectivity index (χ4n) is 2.89. The summed E-state index contributed by atoms with van der Waals surface area (Å²) in [5.41, 5.74) is 1.92. The minimum absolute atomic E-state index is 0.105. The van der Waals surface area contributed by atoms with Crippen LogP contribution in [-0.4, -0.2) is 39.1 Å². The van der Waals surface area contributed by atoms with Crippen LogP contribution in [0.1, 0.15) is 30.9 Å². The van der Waals surface area contributed by atoms with Gasteiger partial charge >= 0.3 is 0 Å². The molecule has 7 nitrogen and oxygen atoms in total. The van der Waals surface area contributed by atoms with Gasteiger partial charge in [-0.15, -0.1) is 10.2 Å².